The Balaban J connectivity index is 2.21. The van der Waals surface area contributed by atoms with E-state index in [1.165, 1.54) is 17.4 Å². The highest BCUT2D eigenvalue weighted by Gasteiger charge is 2.31. The van der Waals surface area contributed by atoms with Gasteiger partial charge in [0.1, 0.15) is 5.75 Å². The maximum Gasteiger partial charge on any atom is 0.416 e. The van der Waals surface area contributed by atoms with Gasteiger partial charge in [-0.05, 0) is 36.1 Å². The van der Waals surface area contributed by atoms with Crippen LogP contribution in [-0.2, 0) is 11.0 Å². The van der Waals surface area contributed by atoms with Crippen LogP contribution in [0.4, 0.5) is 23.7 Å². The Hall–Kier alpha value is -2.75. The van der Waals surface area contributed by atoms with Gasteiger partial charge in [-0.25, -0.2) is 4.79 Å². The summed E-state index contributed by atoms with van der Waals surface area (Å²) in [6.07, 6.45) is -4.11. The van der Waals surface area contributed by atoms with Crippen LogP contribution in [0.25, 0.3) is 0 Å². The van der Waals surface area contributed by atoms with Gasteiger partial charge in [0.05, 0.1) is 30.3 Å². The number of urea groups is 1. The molecule has 0 saturated heterocycles. The molecule has 1 aromatic carbocycles. The predicted molar refractivity (Wildman–Crippen MR) is 100 cm³/mol. The maximum atomic E-state index is 13.0. The summed E-state index contributed by atoms with van der Waals surface area (Å²) in [5.41, 5.74) is 4.16. The van der Waals surface area contributed by atoms with Crippen molar-refractivity contribution in [2.75, 3.05) is 11.9 Å². The monoisotopic (exact) mass is 415 g/mol. The zero-order valence-electron chi connectivity index (χ0n) is 15.0. The number of primary amides is 1. The van der Waals surface area contributed by atoms with E-state index in [0.29, 0.717) is 11.3 Å². The molecule has 1 unspecified atom stereocenters. The molecule has 0 saturated carbocycles. The van der Waals surface area contributed by atoms with Gasteiger partial charge in [-0.2, -0.15) is 13.2 Å². The van der Waals surface area contributed by atoms with Crippen molar-refractivity contribution >= 4 is 29.0 Å². The molecule has 0 spiro atoms. The Labute approximate surface area is 163 Å². The van der Waals surface area contributed by atoms with Crippen LogP contribution in [0.5, 0.6) is 5.75 Å². The van der Waals surface area contributed by atoms with E-state index < -0.39 is 29.7 Å². The Bertz CT molecular complexity index is 810. The van der Waals surface area contributed by atoms with E-state index >= 15 is 0 Å². The van der Waals surface area contributed by atoms with Gasteiger partial charge in [-0.3, -0.25) is 4.79 Å². The van der Waals surface area contributed by atoms with Crippen LogP contribution in [0, 0.1) is 0 Å². The minimum Gasteiger partial charge on any atom is -0.491 e. The summed E-state index contributed by atoms with van der Waals surface area (Å²) in [4.78, 5) is 24.4. The number of benzene rings is 1. The average Bonchev–Trinajstić information content (AvgIpc) is 3.13. The third-order valence-corrected chi connectivity index (χ3v) is 4.62. The van der Waals surface area contributed by atoms with Crippen molar-refractivity contribution < 1.29 is 27.5 Å². The SMILES string of the molecule is CCCOc1ccc(C(F)(F)F)cc1NC(=O)CC(NC(N)=O)c1cccs1. The number of carbonyl (C=O) groups excluding carboxylic acids is 2. The van der Waals surface area contributed by atoms with Crippen LogP contribution in [0.3, 0.4) is 0 Å². The molecule has 0 aliphatic carbocycles. The number of rotatable bonds is 8. The van der Waals surface area contributed by atoms with E-state index in [1.54, 1.807) is 17.5 Å². The number of thiophene rings is 1. The fourth-order valence-corrected chi connectivity index (χ4v) is 3.19. The standard InChI is InChI=1S/C18H20F3N3O3S/c1-2-7-27-14-6-5-11(18(19,20)21)9-12(14)23-16(25)10-13(24-17(22)26)15-4-3-8-28-15/h3-6,8-9,13H,2,7,10H2,1H3,(H,23,25)(H3,22,24,26). The van der Waals surface area contributed by atoms with Crippen LogP contribution < -0.4 is 21.1 Å². The molecular weight excluding hydrogens is 395 g/mol. The first-order chi connectivity index (χ1) is 13.2. The third kappa shape index (κ3) is 6.15. The smallest absolute Gasteiger partial charge is 0.416 e. The first-order valence-electron chi connectivity index (χ1n) is 8.44. The van der Waals surface area contributed by atoms with E-state index in [9.17, 15) is 22.8 Å². The highest BCUT2D eigenvalue weighted by Crippen LogP contribution is 2.35. The van der Waals surface area contributed by atoms with Crippen LogP contribution in [0.15, 0.2) is 35.7 Å². The van der Waals surface area contributed by atoms with Gasteiger partial charge in [-0.15, -0.1) is 11.3 Å². The molecule has 3 amide bonds. The summed E-state index contributed by atoms with van der Waals surface area (Å²) in [7, 11) is 0. The van der Waals surface area contributed by atoms with Crippen molar-refractivity contribution in [2.45, 2.75) is 32.0 Å². The molecule has 1 aromatic heterocycles. The minimum absolute atomic E-state index is 0.0859. The number of amides is 3. The number of nitrogens with two attached hydrogens (primary N) is 1. The lowest BCUT2D eigenvalue weighted by molar-refractivity contribution is -0.137. The van der Waals surface area contributed by atoms with Crippen molar-refractivity contribution in [3.8, 4) is 5.75 Å². The number of hydrogen-bond donors (Lipinski definition) is 3. The van der Waals surface area contributed by atoms with Gasteiger partial charge in [0.15, 0.2) is 0 Å². The molecule has 4 N–H and O–H groups in total. The number of anilines is 1. The zero-order chi connectivity index (χ0) is 20.7. The minimum atomic E-state index is -4.56. The van der Waals surface area contributed by atoms with Crippen molar-refractivity contribution in [1.29, 1.82) is 0 Å². The summed E-state index contributed by atoms with van der Waals surface area (Å²) in [5.74, 6) is -0.452. The first-order valence-corrected chi connectivity index (χ1v) is 9.32. The second kappa shape index (κ2) is 9.45. The maximum absolute atomic E-state index is 13.0. The average molecular weight is 415 g/mol. The summed E-state index contributed by atoms with van der Waals surface area (Å²) in [6.45, 7) is 2.14. The van der Waals surface area contributed by atoms with Crippen molar-refractivity contribution in [2.24, 2.45) is 5.73 Å². The number of ether oxygens (including phenoxy) is 1. The molecule has 2 aromatic rings. The Kier molecular flexibility index (Phi) is 7.27. The Morgan fingerprint density at radius 2 is 2.04 bits per heavy atom. The lowest BCUT2D eigenvalue weighted by Gasteiger charge is -2.18. The summed E-state index contributed by atoms with van der Waals surface area (Å²) in [6, 6.07) is 4.86. The quantitative estimate of drug-likeness (QED) is 0.600. The third-order valence-electron chi connectivity index (χ3n) is 3.64. The first kappa shape index (κ1) is 21.5. The molecular formula is C18H20F3N3O3S. The molecule has 0 aliphatic rings. The van der Waals surface area contributed by atoms with Crippen LogP contribution in [0.1, 0.15) is 36.2 Å². The van der Waals surface area contributed by atoms with E-state index in [0.717, 1.165) is 12.1 Å². The fraction of sp³-hybridized carbons (Fsp3) is 0.333. The molecule has 1 atom stereocenters. The molecule has 0 fully saturated rings. The Morgan fingerprint density at radius 1 is 1.29 bits per heavy atom. The number of carbonyl (C=O) groups is 2. The highest BCUT2D eigenvalue weighted by atomic mass is 32.1. The van der Waals surface area contributed by atoms with Crippen LogP contribution in [-0.4, -0.2) is 18.5 Å². The number of hydrogen-bond acceptors (Lipinski definition) is 4. The molecule has 152 valence electrons. The number of alkyl halides is 3. The molecule has 0 radical (unpaired) electrons. The van der Waals surface area contributed by atoms with Gasteiger partial charge >= 0.3 is 12.2 Å². The van der Waals surface area contributed by atoms with Gasteiger partial charge in [0.2, 0.25) is 5.91 Å². The Morgan fingerprint density at radius 3 is 2.61 bits per heavy atom. The van der Waals surface area contributed by atoms with Crippen molar-refractivity contribution in [3.63, 3.8) is 0 Å². The molecule has 0 aliphatic heterocycles. The van der Waals surface area contributed by atoms with E-state index in [4.69, 9.17) is 10.5 Å². The van der Waals surface area contributed by atoms with Crippen molar-refractivity contribution in [3.05, 3.63) is 46.2 Å². The van der Waals surface area contributed by atoms with Crippen LogP contribution in [0.2, 0.25) is 0 Å². The topological polar surface area (TPSA) is 93.4 Å². The largest absolute Gasteiger partial charge is 0.491 e. The lowest BCUT2D eigenvalue weighted by atomic mass is 10.1. The zero-order valence-corrected chi connectivity index (χ0v) is 15.8. The van der Waals surface area contributed by atoms with Gasteiger partial charge in [-0.1, -0.05) is 13.0 Å². The van der Waals surface area contributed by atoms with Gasteiger partial charge in [0.25, 0.3) is 0 Å². The highest BCUT2D eigenvalue weighted by molar-refractivity contribution is 7.10. The summed E-state index contributed by atoms with van der Waals surface area (Å²) >= 11 is 1.32. The second-order valence-electron chi connectivity index (χ2n) is 5.89. The van der Waals surface area contributed by atoms with E-state index in [1.807, 2.05) is 6.92 Å². The molecule has 10 heteroatoms. The molecule has 0 bridgehead atoms. The van der Waals surface area contributed by atoms with Gasteiger partial charge < -0.3 is 21.1 Å². The van der Waals surface area contributed by atoms with Crippen LogP contribution >= 0.6 is 11.3 Å². The lowest BCUT2D eigenvalue weighted by Crippen LogP contribution is -2.34. The van der Waals surface area contributed by atoms with Gasteiger partial charge in [0, 0.05) is 4.88 Å². The number of nitrogens with one attached hydrogen (secondary N) is 2. The molecule has 6 nitrogen and oxygen atoms in total. The summed E-state index contributed by atoms with van der Waals surface area (Å²) < 4.78 is 44.5. The van der Waals surface area contributed by atoms with E-state index in [-0.39, 0.29) is 24.5 Å². The predicted octanol–water partition coefficient (Wildman–Crippen LogP) is 4.29. The normalized spacial score (nSPS) is 12.3. The molecule has 2 rings (SSSR count). The van der Waals surface area contributed by atoms with E-state index in [2.05, 4.69) is 10.6 Å². The fourth-order valence-electron chi connectivity index (χ4n) is 2.41. The second-order valence-corrected chi connectivity index (χ2v) is 6.87. The van der Waals surface area contributed by atoms with Crippen molar-refractivity contribution in [1.82, 2.24) is 5.32 Å². The number of halogens is 3. The summed E-state index contributed by atoms with van der Waals surface area (Å²) in [5, 5.41) is 6.68. The molecule has 28 heavy (non-hydrogen) atoms. The molecule has 1 heterocycles.